The van der Waals surface area contributed by atoms with Crippen LogP contribution in [-0.4, -0.2) is 6.29 Å². The molecule has 0 spiro atoms. The molecule has 1 atom stereocenters. The Labute approximate surface area is 108 Å². The third-order valence-corrected chi connectivity index (χ3v) is 3.42. The van der Waals surface area contributed by atoms with E-state index in [4.69, 9.17) is 0 Å². The topological polar surface area (TPSA) is 17.1 Å². The number of hydrogen-bond donors (Lipinski definition) is 0. The smallest absolute Gasteiger partial charge is 0.150 e. The predicted molar refractivity (Wildman–Crippen MR) is 75.1 cm³/mol. The molecule has 18 heavy (non-hydrogen) atoms. The maximum absolute atomic E-state index is 10.8. The summed E-state index contributed by atoms with van der Waals surface area (Å²) in [6.07, 6.45) is 1.96. The third kappa shape index (κ3) is 2.51. The van der Waals surface area contributed by atoms with Gasteiger partial charge in [0.15, 0.2) is 0 Å². The van der Waals surface area contributed by atoms with Crippen LogP contribution < -0.4 is 0 Å². The summed E-state index contributed by atoms with van der Waals surface area (Å²) in [5, 5.41) is 0. The van der Waals surface area contributed by atoms with Crippen LogP contribution in [0.3, 0.4) is 0 Å². The summed E-state index contributed by atoms with van der Waals surface area (Å²) in [5.74, 6) is 0.409. The number of aryl methyl sites for hydroxylation is 1. The van der Waals surface area contributed by atoms with Gasteiger partial charge in [-0.15, -0.1) is 0 Å². The first-order valence-electron chi connectivity index (χ1n) is 6.37. The molecule has 0 aliphatic carbocycles. The number of rotatable bonds is 4. The molecular formula is C17H18O. The number of aldehydes is 1. The quantitative estimate of drug-likeness (QED) is 0.724. The fourth-order valence-electron chi connectivity index (χ4n) is 2.48. The van der Waals surface area contributed by atoms with Crippen molar-refractivity contribution >= 4 is 6.29 Å². The van der Waals surface area contributed by atoms with Crippen molar-refractivity contribution in [2.24, 2.45) is 0 Å². The third-order valence-electron chi connectivity index (χ3n) is 3.42. The molecule has 0 aliphatic rings. The molecule has 0 saturated carbocycles. The lowest BCUT2D eigenvalue weighted by molar-refractivity contribution is 0.112. The van der Waals surface area contributed by atoms with E-state index in [2.05, 4.69) is 44.2 Å². The SMILES string of the molecule is CCC(c1ccccc1)c1ccc(C=O)cc1C. The van der Waals surface area contributed by atoms with Gasteiger partial charge in [0.05, 0.1) is 0 Å². The van der Waals surface area contributed by atoms with Crippen LogP contribution in [0.4, 0.5) is 0 Å². The van der Waals surface area contributed by atoms with E-state index in [9.17, 15) is 4.79 Å². The number of carbonyl (C=O) groups excluding carboxylic acids is 1. The highest BCUT2D eigenvalue weighted by atomic mass is 16.1. The molecular weight excluding hydrogens is 220 g/mol. The molecule has 1 heteroatoms. The Morgan fingerprint density at radius 2 is 1.83 bits per heavy atom. The first-order valence-corrected chi connectivity index (χ1v) is 6.37. The van der Waals surface area contributed by atoms with Crippen LogP contribution in [0.15, 0.2) is 48.5 Å². The number of benzene rings is 2. The molecule has 0 aliphatic heterocycles. The minimum absolute atomic E-state index is 0.409. The van der Waals surface area contributed by atoms with E-state index >= 15 is 0 Å². The normalized spacial score (nSPS) is 12.1. The van der Waals surface area contributed by atoms with E-state index < -0.39 is 0 Å². The standard InChI is InChI=1S/C17H18O/c1-3-16(15-7-5-4-6-8-15)17-10-9-14(12-18)11-13(17)2/h4-12,16H,3H2,1-2H3. The Morgan fingerprint density at radius 3 is 2.39 bits per heavy atom. The molecule has 0 bridgehead atoms. The highest BCUT2D eigenvalue weighted by Crippen LogP contribution is 2.30. The molecule has 0 saturated heterocycles. The van der Waals surface area contributed by atoms with Crippen LogP contribution in [-0.2, 0) is 0 Å². The number of hydrogen-bond acceptors (Lipinski definition) is 1. The lowest BCUT2D eigenvalue weighted by atomic mass is 9.86. The summed E-state index contributed by atoms with van der Waals surface area (Å²) >= 11 is 0. The highest BCUT2D eigenvalue weighted by Gasteiger charge is 2.13. The van der Waals surface area contributed by atoms with Gasteiger partial charge in [0.2, 0.25) is 0 Å². The predicted octanol–water partition coefficient (Wildman–Crippen LogP) is 4.35. The summed E-state index contributed by atoms with van der Waals surface area (Å²) in [6.45, 7) is 4.28. The fourth-order valence-corrected chi connectivity index (χ4v) is 2.48. The van der Waals surface area contributed by atoms with E-state index in [1.54, 1.807) is 0 Å². The lowest BCUT2D eigenvalue weighted by Gasteiger charge is -2.18. The van der Waals surface area contributed by atoms with E-state index in [-0.39, 0.29) is 0 Å². The molecule has 2 aromatic rings. The average Bonchev–Trinajstić information content (AvgIpc) is 2.42. The summed E-state index contributed by atoms with van der Waals surface area (Å²) in [4.78, 5) is 10.8. The van der Waals surface area contributed by atoms with Crippen LogP contribution >= 0.6 is 0 Å². The Kier molecular flexibility index (Phi) is 3.93. The molecule has 2 rings (SSSR count). The second-order valence-electron chi connectivity index (χ2n) is 4.61. The Balaban J connectivity index is 2.42. The maximum atomic E-state index is 10.8. The van der Waals surface area contributed by atoms with Gasteiger partial charge in [-0.3, -0.25) is 4.79 Å². The van der Waals surface area contributed by atoms with Gasteiger partial charge in [0, 0.05) is 11.5 Å². The summed E-state index contributed by atoms with van der Waals surface area (Å²) in [7, 11) is 0. The molecule has 1 nitrogen and oxygen atoms in total. The van der Waals surface area contributed by atoms with Gasteiger partial charge >= 0.3 is 0 Å². The van der Waals surface area contributed by atoms with Gasteiger partial charge in [0.1, 0.15) is 6.29 Å². The fraction of sp³-hybridized carbons (Fsp3) is 0.235. The van der Waals surface area contributed by atoms with Gasteiger partial charge in [-0.1, -0.05) is 49.4 Å². The van der Waals surface area contributed by atoms with Crippen molar-refractivity contribution in [2.45, 2.75) is 26.2 Å². The molecule has 0 heterocycles. The summed E-state index contributed by atoms with van der Waals surface area (Å²) in [6, 6.07) is 16.5. The van der Waals surface area contributed by atoms with Crippen LogP contribution in [0.2, 0.25) is 0 Å². The molecule has 92 valence electrons. The Bertz CT molecular complexity index is 529. The van der Waals surface area contributed by atoms with Crippen LogP contribution in [0.5, 0.6) is 0 Å². The van der Waals surface area contributed by atoms with Gasteiger partial charge in [-0.2, -0.15) is 0 Å². The van der Waals surface area contributed by atoms with E-state index in [1.165, 1.54) is 16.7 Å². The van der Waals surface area contributed by atoms with Crippen LogP contribution in [0.1, 0.15) is 46.3 Å². The monoisotopic (exact) mass is 238 g/mol. The molecule has 0 N–H and O–H groups in total. The molecule has 1 unspecified atom stereocenters. The van der Waals surface area contributed by atoms with Crippen molar-refractivity contribution in [1.29, 1.82) is 0 Å². The van der Waals surface area contributed by atoms with Crippen LogP contribution in [0, 0.1) is 6.92 Å². The zero-order valence-corrected chi connectivity index (χ0v) is 10.9. The number of carbonyl (C=O) groups is 1. The lowest BCUT2D eigenvalue weighted by Crippen LogP contribution is -2.02. The van der Waals surface area contributed by atoms with Crippen molar-refractivity contribution in [1.82, 2.24) is 0 Å². The zero-order chi connectivity index (χ0) is 13.0. The molecule has 0 radical (unpaired) electrons. The van der Waals surface area contributed by atoms with Crippen molar-refractivity contribution in [3.63, 3.8) is 0 Å². The van der Waals surface area contributed by atoms with Gasteiger partial charge in [-0.25, -0.2) is 0 Å². The second-order valence-corrected chi connectivity index (χ2v) is 4.61. The molecule has 0 fully saturated rings. The van der Waals surface area contributed by atoms with Crippen LogP contribution in [0.25, 0.3) is 0 Å². The van der Waals surface area contributed by atoms with Crippen molar-refractivity contribution in [2.75, 3.05) is 0 Å². The van der Waals surface area contributed by atoms with Crippen molar-refractivity contribution in [3.8, 4) is 0 Å². The minimum Gasteiger partial charge on any atom is -0.298 e. The molecule has 0 aromatic heterocycles. The zero-order valence-electron chi connectivity index (χ0n) is 10.9. The van der Waals surface area contributed by atoms with Gasteiger partial charge in [-0.05, 0) is 36.1 Å². The van der Waals surface area contributed by atoms with E-state index in [1.807, 2.05) is 18.2 Å². The average molecular weight is 238 g/mol. The summed E-state index contributed by atoms with van der Waals surface area (Å²) < 4.78 is 0. The van der Waals surface area contributed by atoms with Gasteiger partial charge < -0.3 is 0 Å². The van der Waals surface area contributed by atoms with E-state index in [0.717, 1.165) is 18.3 Å². The molecule has 2 aromatic carbocycles. The summed E-state index contributed by atoms with van der Waals surface area (Å²) in [5.41, 5.74) is 4.59. The molecule has 0 amide bonds. The first kappa shape index (κ1) is 12.6. The first-order chi connectivity index (χ1) is 8.76. The largest absolute Gasteiger partial charge is 0.298 e. The minimum atomic E-state index is 0.409. The maximum Gasteiger partial charge on any atom is 0.150 e. The second kappa shape index (κ2) is 5.63. The highest BCUT2D eigenvalue weighted by molar-refractivity contribution is 5.75. The Morgan fingerprint density at radius 1 is 1.11 bits per heavy atom. The van der Waals surface area contributed by atoms with Crippen molar-refractivity contribution < 1.29 is 4.79 Å². The van der Waals surface area contributed by atoms with Crippen molar-refractivity contribution in [3.05, 3.63) is 70.8 Å². The van der Waals surface area contributed by atoms with Gasteiger partial charge in [0.25, 0.3) is 0 Å². The van der Waals surface area contributed by atoms with E-state index in [0.29, 0.717) is 5.92 Å². The Hall–Kier alpha value is -1.89.